The number of benzene rings is 1. The van der Waals surface area contributed by atoms with Crippen LogP contribution < -0.4 is 9.47 Å². The van der Waals surface area contributed by atoms with E-state index in [1.54, 1.807) is 0 Å². The van der Waals surface area contributed by atoms with Crippen LogP contribution in [-0.2, 0) is 6.42 Å². The molecule has 2 heteroatoms. The summed E-state index contributed by atoms with van der Waals surface area (Å²) in [5, 5.41) is 0. The van der Waals surface area contributed by atoms with E-state index in [-0.39, 0.29) is 0 Å². The molecule has 1 aromatic carbocycles. The monoisotopic (exact) mass is 163 g/mol. The van der Waals surface area contributed by atoms with Gasteiger partial charge in [0, 0.05) is 0 Å². The van der Waals surface area contributed by atoms with Gasteiger partial charge in [0.25, 0.3) is 0 Å². The highest BCUT2D eigenvalue weighted by Crippen LogP contribution is 2.35. The standard InChI is InChI=1S/C10H11O2/c1-2-4-8-5-3-6-9-10(8)12-7-11-9/h3,5-6H,1-2,4,7H2. The van der Waals surface area contributed by atoms with Crippen LogP contribution in [0, 0.1) is 6.92 Å². The lowest BCUT2D eigenvalue weighted by Gasteiger charge is -2.02. The molecule has 0 saturated heterocycles. The van der Waals surface area contributed by atoms with E-state index in [1.165, 1.54) is 5.56 Å². The SMILES string of the molecule is [CH2]CCc1cccc2c1OCO2. The molecule has 1 aromatic rings. The summed E-state index contributed by atoms with van der Waals surface area (Å²) in [4.78, 5) is 0. The minimum Gasteiger partial charge on any atom is -0.454 e. The van der Waals surface area contributed by atoms with E-state index in [4.69, 9.17) is 9.47 Å². The molecular weight excluding hydrogens is 152 g/mol. The average molecular weight is 163 g/mol. The largest absolute Gasteiger partial charge is 0.454 e. The van der Waals surface area contributed by atoms with Crippen molar-refractivity contribution in [2.75, 3.05) is 6.79 Å². The molecule has 0 bridgehead atoms. The first kappa shape index (κ1) is 7.47. The normalized spacial score (nSPS) is 13.4. The van der Waals surface area contributed by atoms with Crippen LogP contribution in [0.4, 0.5) is 0 Å². The summed E-state index contributed by atoms with van der Waals surface area (Å²) in [5.74, 6) is 1.77. The van der Waals surface area contributed by atoms with Gasteiger partial charge < -0.3 is 9.47 Å². The number of aryl methyl sites for hydroxylation is 1. The van der Waals surface area contributed by atoms with Crippen molar-refractivity contribution in [3.63, 3.8) is 0 Å². The third kappa shape index (κ3) is 1.13. The minimum absolute atomic E-state index is 0.351. The molecule has 0 N–H and O–H groups in total. The lowest BCUT2D eigenvalue weighted by Crippen LogP contribution is -1.94. The van der Waals surface area contributed by atoms with Crippen LogP contribution in [0.1, 0.15) is 12.0 Å². The van der Waals surface area contributed by atoms with E-state index < -0.39 is 0 Å². The number of ether oxygens (including phenoxy) is 2. The van der Waals surface area contributed by atoms with Gasteiger partial charge in [-0.3, -0.25) is 0 Å². The Morgan fingerprint density at radius 2 is 2.25 bits per heavy atom. The lowest BCUT2D eigenvalue weighted by atomic mass is 10.1. The fourth-order valence-corrected chi connectivity index (χ4v) is 1.38. The predicted molar refractivity (Wildman–Crippen MR) is 46.2 cm³/mol. The first-order chi connectivity index (χ1) is 5.92. The average Bonchev–Trinajstić information content (AvgIpc) is 2.53. The fraction of sp³-hybridized carbons (Fsp3) is 0.300. The van der Waals surface area contributed by atoms with Crippen LogP contribution in [-0.4, -0.2) is 6.79 Å². The maximum absolute atomic E-state index is 5.33. The first-order valence-electron chi connectivity index (χ1n) is 4.08. The highest BCUT2D eigenvalue weighted by molar-refractivity contribution is 5.48. The third-order valence-electron chi connectivity index (χ3n) is 1.92. The van der Waals surface area contributed by atoms with Crippen molar-refractivity contribution >= 4 is 0 Å². The van der Waals surface area contributed by atoms with E-state index in [0.717, 1.165) is 24.3 Å². The van der Waals surface area contributed by atoms with Crippen molar-refractivity contribution in [3.8, 4) is 11.5 Å². The quantitative estimate of drug-likeness (QED) is 0.665. The highest BCUT2D eigenvalue weighted by Gasteiger charge is 2.15. The summed E-state index contributed by atoms with van der Waals surface area (Å²) >= 11 is 0. The van der Waals surface area contributed by atoms with Gasteiger partial charge in [0.1, 0.15) is 0 Å². The lowest BCUT2D eigenvalue weighted by molar-refractivity contribution is 0.173. The van der Waals surface area contributed by atoms with Gasteiger partial charge in [-0.05, 0) is 24.5 Å². The van der Waals surface area contributed by atoms with Gasteiger partial charge in [0.2, 0.25) is 6.79 Å². The summed E-state index contributed by atoms with van der Waals surface area (Å²) in [6, 6.07) is 5.96. The Morgan fingerprint density at radius 3 is 3.08 bits per heavy atom. The maximum atomic E-state index is 5.33. The molecule has 0 fully saturated rings. The van der Waals surface area contributed by atoms with Crippen molar-refractivity contribution in [2.24, 2.45) is 0 Å². The highest BCUT2D eigenvalue weighted by atomic mass is 16.7. The molecule has 12 heavy (non-hydrogen) atoms. The van der Waals surface area contributed by atoms with E-state index in [2.05, 4.69) is 13.0 Å². The maximum Gasteiger partial charge on any atom is 0.231 e. The summed E-state index contributed by atoms with van der Waals surface area (Å²) in [6.07, 6.45) is 1.84. The van der Waals surface area contributed by atoms with Crippen LogP contribution >= 0.6 is 0 Å². The zero-order chi connectivity index (χ0) is 8.39. The molecule has 0 saturated carbocycles. The number of rotatable bonds is 2. The van der Waals surface area contributed by atoms with E-state index in [9.17, 15) is 0 Å². The Hall–Kier alpha value is -1.18. The zero-order valence-electron chi connectivity index (χ0n) is 6.88. The van der Waals surface area contributed by atoms with Gasteiger partial charge >= 0.3 is 0 Å². The minimum atomic E-state index is 0.351. The van der Waals surface area contributed by atoms with Gasteiger partial charge in [0.15, 0.2) is 11.5 Å². The smallest absolute Gasteiger partial charge is 0.231 e. The molecule has 0 aliphatic carbocycles. The van der Waals surface area contributed by atoms with E-state index in [0.29, 0.717) is 6.79 Å². The molecular formula is C10H11O2. The molecule has 0 unspecified atom stereocenters. The number of para-hydroxylation sites is 1. The molecule has 1 aliphatic heterocycles. The summed E-state index contributed by atoms with van der Waals surface area (Å²) in [6.45, 7) is 4.16. The molecule has 0 spiro atoms. The first-order valence-corrected chi connectivity index (χ1v) is 4.08. The van der Waals surface area contributed by atoms with Crippen LogP contribution in [0.25, 0.3) is 0 Å². The molecule has 0 atom stereocenters. The van der Waals surface area contributed by atoms with Crippen molar-refractivity contribution in [1.82, 2.24) is 0 Å². The van der Waals surface area contributed by atoms with E-state index in [1.807, 2.05) is 12.1 Å². The Morgan fingerprint density at radius 1 is 1.33 bits per heavy atom. The van der Waals surface area contributed by atoms with Crippen molar-refractivity contribution < 1.29 is 9.47 Å². The van der Waals surface area contributed by atoms with Crippen LogP contribution in [0.15, 0.2) is 18.2 Å². The third-order valence-corrected chi connectivity index (χ3v) is 1.92. The molecule has 1 heterocycles. The van der Waals surface area contributed by atoms with Gasteiger partial charge in [-0.1, -0.05) is 19.1 Å². The number of hydrogen-bond acceptors (Lipinski definition) is 2. The predicted octanol–water partition coefficient (Wildman–Crippen LogP) is 2.18. The zero-order valence-corrected chi connectivity index (χ0v) is 6.88. The van der Waals surface area contributed by atoms with Crippen LogP contribution in [0.2, 0.25) is 0 Å². The van der Waals surface area contributed by atoms with Crippen molar-refractivity contribution in [2.45, 2.75) is 12.8 Å². The van der Waals surface area contributed by atoms with Crippen molar-refractivity contribution in [1.29, 1.82) is 0 Å². The van der Waals surface area contributed by atoms with Crippen molar-refractivity contribution in [3.05, 3.63) is 30.7 Å². The van der Waals surface area contributed by atoms with Gasteiger partial charge in [-0.25, -0.2) is 0 Å². The van der Waals surface area contributed by atoms with Gasteiger partial charge in [-0.2, -0.15) is 0 Å². The Balaban J connectivity index is 2.36. The molecule has 1 radical (unpaired) electrons. The molecule has 0 amide bonds. The number of fused-ring (bicyclic) bond motifs is 1. The molecule has 63 valence electrons. The van der Waals surface area contributed by atoms with E-state index >= 15 is 0 Å². The number of hydrogen-bond donors (Lipinski definition) is 0. The molecule has 2 rings (SSSR count). The topological polar surface area (TPSA) is 18.5 Å². The fourth-order valence-electron chi connectivity index (χ4n) is 1.38. The molecule has 0 aromatic heterocycles. The van der Waals surface area contributed by atoms with Gasteiger partial charge in [0.05, 0.1) is 0 Å². The summed E-state index contributed by atoms with van der Waals surface area (Å²) < 4.78 is 10.6. The Labute approximate surface area is 72.1 Å². The van der Waals surface area contributed by atoms with Gasteiger partial charge in [-0.15, -0.1) is 0 Å². The molecule has 2 nitrogen and oxygen atoms in total. The summed E-state index contributed by atoms with van der Waals surface area (Å²) in [5.41, 5.74) is 1.19. The summed E-state index contributed by atoms with van der Waals surface area (Å²) in [7, 11) is 0. The van der Waals surface area contributed by atoms with Crippen LogP contribution in [0.5, 0.6) is 11.5 Å². The second-order valence-electron chi connectivity index (χ2n) is 2.75. The Bertz CT molecular complexity index is 281. The van der Waals surface area contributed by atoms with Crippen LogP contribution in [0.3, 0.4) is 0 Å². The molecule has 1 aliphatic rings. The second-order valence-corrected chi connectivity index (χ2v) is 2.75. The second kappa shape index (κ2) is 3.05. The Kier molecular flexibility index (Phi) is 1.90.